The molecule has 44 heavy (non-hydrogen) atoms. The summed E-state index contributed by atoms with van der Waals surface area (Å²) in [7, 11) is 0. The summed E-state index contributed by atoms with van der Waals surface area (Å²) in [5.41, 5.74) is 3.51. The van der Waals surface area contributed by atoms with E-state index in [0.717, 1.165) is 17.5 Å². The summed E-state index contributed by atoms with van der Waals surface area (Å²) in [6, 6.07) is 25.9. The number of nitrogens with one attached hydrogen (secondary N) is 1. The maximum Gasteiger partial charge on any atom is 0.247 e. The number of hydrogen-bond donors (Lipinski definition) is 1. The van der Waals surface area contributed by atoms with Crippen molar-refractivity contribution in [2.24, 2.45) is 4.99 Å². The molecule has 10 heteroatoms. The number of thioether (sulfide) groups is 1. The zero-order valence-corrected chi connectivity index (χ0v) is 24.6. The van der Waals surface area contributed by atoms with Gasteiger partial charge in [0.15, 0.2) is 5.17 Å². The number of rotatable bonds is 8. The molecule has 4 aromatic rings. The first-order chi connectivity index (χ1) is 21.4. The third-order valence-corrected chi connectivity index (χ3v) is 8.83. The van der Waals surface area contributed by atoms with E-state index in [1.807, 2.05) is 42.5 Å². The Labute approximate surface area is 259 Å². The van der Waals surface area contributed by atoms with Gasteiger partial charge >= 0.3 is 0 Å². The lowest BCUT2D eigenvalue weighted by Crippen LogP contribution is -2.43. The number of aliphatic imine (C=N–C) groups is 1. The molecule has 222 valence electrons. The van der Waals surface area contributed by atoms with Crippen molar-refractivity contribution in [3.63, 3.8) is 0 Å². The fourth-order valence-corrected chi connectivity index (χ4v) is 6.59. The SMILES string of the molecule is O=C(Nc1ccc(C2SC(=Nc3cccnc3)N(Cc3cccc(F)c3)C2=O)cc1)[C@@H]1CCCN1C(=O)Cc1ccccc1. The van der Waals surface area contributed by atoms with Crippen molar-refractivity contribution >= 4 is 46.0 Å². The van der Waals surface area contributed by atoms with E-state index in [-0.39, 0.29) is 36.5 Å². The van der Waals surface area contributed by atoms with Crippen molar-refractivity contribution in [3.8, 4) is 0 Å². The quantitative estimate of drug-likeness (QED) is 0.269. The number of pyridine rings is 1. The van der Waals surface area contributed by atoms with E-state index in [4.69, 9.17) is 0 Å². The van der Waals surface area contributed by atoms with Crippen molar-refractivity contribution in [1.82, 2.24) is 14.8 Å². The predicted octanol–water partition coefficient (Wildman–Crippen LogP) is 5.90. The van der Waals surface area contributed by atoms with Crippen LogP contribution in [0.3, 0.4) is 0 Å². The second kappa shape index (κ2) is 13.2. The molecular formula is C34H30FN5O3S. The molecule has 3 amide bonds. The molecule has 0 spiro atoms. The fourth-order valence-electron chi connectivity index (χ4n) is 5.42. The van der Waals surface area contributed by atoms with E-state index in [1.54, 1.807) is 58.6 Å². The summed E-state index contributed by atoms with van der Waals surface area (Å²) in [6.07, 6.45) is 4.90. The Morgan fingerprint density at radius 2 is 1.77 bits per heavy atom. The maximum absolute atomic E-state index is 13.9. The number of nitrogens with zero attached hydrogens (tertiary/aromatic N) is 4. The summed E-state index contributed by atoms with van der Waals surface area (Å²) in [6.45, 7) is 0.729. The van der Waals surface area contributed by atoms with Gasteiger partial charge in [-0.3, -0.25) is 24.3 Å². The molecular weight excluding hydrogens is 577 g/mol. The first kappa shape index (κ1) is 29.3. The van der Waals surface area contributed by atoms with Gasteiger partial charge in [-0.1, -0.05) is 66.4 Å². The van der Waals surface area contributed by atoms with Gasteiger partial charge in [-0.25, -0.2) is 9.38 Å². The number of carbonyl (C=O) groups is 3. The molecule has 2 aliphatic rings. The second-order valence-corrected chi connectivity index (χ2v) is 11.7. The minimum absolute atomic E-state index is 0.0625. The smallest absolute Gasteiger partial charge is 0.247 e. The van der Waals surface area contributed by atoms with Gasteiger partial charge < -0.3 is 10.2 Å². The molecule has 0 aliphatic carbocycles. The van der Waals surface area contributed by atoms with Crippen LogP contribution in [0.5, 0.6) is 0 Å². The minimum atomic E-state index is -0.565. The highest BCUT2D eigenvalue weighted by molar-refractivity contribution is 8.15. The van der Waals surface area contributed by atoms with Crippen LogP contribution in [-0.4, -0.2) is 50.3 Å². The van der Waals surface area contributed by atoms with E-state index in [1.165, 1.54) is 23.9 Å². The van der Waals surface area contributed by atoms with Crippen molar-refractivity contribution < 1.29 is 18.8 Å². The first-order valence-electron chi connectivity index (χ1n) is 14.4. The van der Waals surface area contributed by atoms with Crippen LogP contribution < -0.4 is 5.32 Å². The molecule has 2 aliphatic heterocycles. The number of halogens is 1. The molecule has 3 aromatic carbocycles. The number of amides is 3. The fraction of sp³-hybridized carbons (Fsp3) is 0.206. The number of likely N-dealkylation sites (tertiary alicyclic amines) is 1. The lowest BCUT2D eigenvalue weighted by molar-refractivity contribution is -0.136. The summed E-state index contributed by atoms with van der Waals surface area (Å²) >= 11 is 1.32. The topological polar surface area (TPSA) is 95.0 Å². The average Bonchev–Trinajstić information content (AvgIpc) is 3.64. The molecule has 6 rings (SSSR count). The maximum atomic E-state index is 13.9. The van der Waals surface area contributed by atoms with E-state index in [2.05, 4.69) is 15.3 Å². The molecule has 3 heterocycles. The molecule has 2 fully saturated rings. The van der Waals surface area contributed by atoms with Gasteiger partial charge in [0.2, 0.25) is 17.7 Å². The third-order valence-electron chi connectivity index (χ3n) is 7.60. The molecule has 1 aromatic heterocycles. The van der Waals surface area contributed by atoms with Crippen molar-refractivity contribution in [2.75, 3.05) is 11.9 Å². The molecule has 2 atom stereocenters. The Balaban J connectivity index is 1.15. The zero-order chi connectivity index (χ0) is 30.5. The summed E-state index contributed by atoms with van der Waals surface area (Å²) in [5, 5.41) is 2.88. The van der Waals surface area contributed by atoms with Gasteiger partial charge in [-0.05, 0) is 65.9 Å². The molecule has 0 bridgehead atoms. The normalized spacial score (nSPS) is 19.0. The number of anilines is 1. The Morgan fingerprint density at radius 3 is 2.52 bits per heavy atom. The Kier molecular flexibility index (Phi) is 8.79. The second-order valence-electron chi connectivity index (χ2n) is 10.7. The van der Waals surface area contributed by atoms with Crippen LogP contribution in [-0.2, 0) is 27.3 Å². The molecule has 1 N–H and O–H groups in total. The van der Waals surface area contributed by atoms with Crippen LogP contribution in [0.25, 0.3) is 0 Å². The van der Waals surface area contributed by atoms with Gasteiger partial charge in [-0.15, -0.1) is 0 Å². The number of benzene rings is 3. The van der Waals surface area contributed by atoms with E-state index < -0.39 is 11.3 Å². The van der Waals surface area contributed by atoms with Gasteiger partial charge in [-0.2, -0.15) is 0 Å². The van der Waals surface area contributed by atoms with Crippen molar-refractivity contribution in [1.29, 1.82) is 0 Å². The number of amidine groups is 1. The molecule has 8 nitrogen and oxygen atoms in total. The lowest BCUT2D eigenvalue weighted by atomic mass is 10.1. The number of carbonyl (C=O) groups excluding carboxylic acids is 3. The first-order valence-corrected chi connectivity index (χ1v) is 15.3. The lowest BCUT2D eigenvalue weighted by Gasteiger charge is -2.24. The molecule has 1 unspecified atom stereocenters. The van der Waals surface area contributed by atoms with Crippen LogP contribution >= 0.6 is 11.8 Å². The summed E-state index contributed by atoms with van der Waals surface area (Å²) in [4.78, 5) is 51.9. The van der Waals surface area contributed by atoms with Crippen LogP contribution in [0.4, 0.5) is 15.8 Å². The monoisotopic (exact) mass is 607 g/mol. The number of aromatic nitrogens is 1. The summed E-state index contributed by atoms with van der Waals surface area (Å²) < 4.78 is 13.9. The van der Waals surface area contributed by atoms with Gasteiger partial charge in [0.1, 0.15) is 17.1 Å². The largest absolute Gasteiger partial charge is 0.330 e. The molecule has 0 saturated carbocycles. The van der Waals surface area contributed by atoms with Crippen LogP contribution in [0.1, 0.15) is 34.8 Å². The average molecular weight is 608 g/mol. The van der Waals surface area contributed by atoms with Gasteiger partial charge in [0.25, 0.3) is 0 Å². The highest BCUT2D eigenvalue weighted by Crippen LogP contribution is 2.41. The minimum Gasteiger partial charge on any atom is -0.330 e. The van der Waals surface area contributed by atoms with Crippen LogP contribution in [0.2, 0.25) is 0 Å². The Hall–Kier alpha value is -4.83. The molecule has 2 saturated heterocycles. The van der Waals surface area contributed by atoms with Crippen LogP contribution in [0, 0.1) is 5.82 Å². The van der Waals surface area contributed by atoms with Crippen LogP contribution in [0.15, 0.2) is 108 Å². The Morgan fingerprint density at radius 1 is 0.977 bits per heavy atom. The highest BCUT2D eigenvalue weighted by atomic mass is 32.2. The Bertz CT molecular complexity index is 1680. The van der Waals surface area contributed by atoms with Gasteiger partial charge in [0.05, 0.1) is 24.8 Å². The van der Waals surface area contributed by atoms with E-state index in [0.29, 0.717) is 35.1 Å². The third kappa shape index (κ3) is 6.70. The van der Waals surface area contributed by atoms with Crippen molar-refractivity contribution in [2.45, 2.75) is 37.1 Å². The predicted molar refractivity (Wildman–Crippen MR) is 169 cm³/mol. The van der Waals surface area contributed by atoms with Crippen molar-refractivity contribution in [3.05, 3.63) is 126 Å². The zero-order valence-electron chi connectivity index (χ0n) is 23.8. The van der Waals surface area contributed by atoms with E-state index in [9.17, 15) is 18.8 Å². The number of hydrogen-bond acceptors (Lipinski definition) is 6. The summed E-state index contributed by atoms with van der Waals surface area (Å²) in [5.74, 6) is -0.831. The van der Waals surface area contributed by atoms with E-state index >= 15 is 0 Å². The highest BCUT2D eigenvalue weighted by Gasteiger charge is 2.39. The standard InChI is InChI=1S/C34H30FN5O3S/c35-26-10-4-9-24(19-26)22-40-33(43)31(44-34(40)38-28-11-5-17-36-21-28)25-13-15-27(16-14-25)37-32(42)29-12-6-18-39(29)30(41)20-23-7-2-1-3-8-23/h1-5,7-11,13-17,19,21,29,31H,6,12,18,20,22H2,(H,37,42)/t29-,31?/m0/s1. The van der Waals surface area contributed by atoms with Gasteiger partial charge in [0, 0.05) is 18.4 Å². The molecule has 0 radical (unpaired) electrons.